The summed E-state index contributed by atoms with van der Waals surface area (Å²) < 4.78 is 40.0. The molecule has 0 spiro atoms. The minimum Gasteiger partial charge on any atom is -0.321 e. The van der Waals surface area contributed by atoms with Crippen molar-refractivity contribution in [1.82, 2.24) is 4.98 Å². The maximum absolute atomic E-state index is 13.3. The predicted molar refractivity (Wildman–Crippen MR) is 96.3 cm³/mol. The number of amides is 1. The van der Waals surface area contributed by atoms with Gasteiger partial charge in [0.2, 0.25) is 0 Å². The van der Waals surface area contributed by atoms with Gasteiger partial charge in [-0.1, -0.05) is 49.4 Å². The van der Waals surface area contributed by atoms with Crippen LogP contribution in [0.3, 0.4) is 0 Å². The van der Waals surface area contributed by atoms with Gasteiger partial charge in [-0.2, -0.15) is 13.2 Å². The molecule has 0 bridgehead atoms. The zero-order valence-electron chi connectivity index (χ0n) is 13.8. The highest BCUT2D eigenvalue weighted by Crippen LogP contribution is 2.38. The van der Waals surface area contributed by atoms with Gasteiger partial charge < -0.3 is 5.32 Å². The number of alkyl halides is 3. The van der Waals surface area contributed by atoms with Crippen LogP contribution >= 0.6 is 11.3 Å². The minimum absolute atomic E-state index is 0.157. The summed E-state index contributed by atoms with van der Waals surface area (Å²) >= 11 is 0.731. The van der Waals surface area contributed by atoms with Crippen LogP contribution in [0.4, 0.5) is 18.9 Å². The average Bonchev–Trinajstić information content (AvgIpc) is 3.09. The van der Waals surface area contributed by atoms with Crippen LogP contribution in [0.5, 0.6) is 0 Å². The number of aromatic nitrogens is 1. The van der Waals surface area contributed by atoms with Crippen molar-refractivity contribution < 1.29 is 18.0 Å². The van der Waals surface area contributed by atoms with Crippen LogP contribution in [0.1, 0.15) is 27.9 Å². The van der Waals surface area contributed by atoms with Crippen molar-refractivity contribution in [2.24, 2.45) is 0 Å². The summed E-state index contributed by atoms with van der Waals surface area (Å²) in [5, 5.41) is 2.68. The van der Waals surface area contributed by atoms with Crippen LogP contribution in [0.2, 0.25) is 0 Å². The number of carbonyl (C=O) groups excluding carboxylic acids is 1. The number of hydrogen-bond acceptors (Lipinski definition) is 3. The predicted octanol–water partition coefficient (Wildman–Crippen LogP) is 5.64. The quantitative estimate of drug-likeness (QED) is 0.640. The van der Waals surface area contributed by atoms with Gasteiger partial charge in [-0.05, 0) is 24.1 Å². The van der Waals surface area contributed by atoms with E-state index in [2.05, 4.69) is 10.3 Å². The third kappa shape index (κ3) is 3.94. The van der Waals surface area contributed by atoms with Gasteiger partial charge in [0.05, 0.1) is 0 Å². The summed E-state index contributed by atoms with van der Waals surface area (Å²) in [4.78, 5) is 15.7. The lowest BCUT2D eigenvalue weighted by Crippen LogP contribution is -2.17. The molecule has 0 unspecified atom stereocenters. The highest BCUT2D eigenvalue weighted by molar-refractivity contribution is 7.17. The molecule has 0 saturated heterocycles. The molecule has 26 heavy (non-hydrogen) atoms. The van der Waals surface area contributed by atoms with E-state index in [-0.39, 0.29) is 5.01 Å². The fourth-order valence-electron chi connectivity index (χ4n) is 2.38. The van der Waals surface area contributed by atoms with Gasteiger partial charge in [-0.3, -0.25) is 4.79 Å². The second-order valence-electron chi connectivity index (χ2n) is 5.57. The molecule has 0 radical (unpaired) electrons. The first-order valence-corrected chi connectivity index (χ1v) is 8.74. The van der Waals surface area contributed by atoms with Crippen molar-refractivity contribution in [1.29, 1.82) is 0 Å². The Hall–Kier alpha value is -2.67. The Morgan fingerprint density at radius 1 is 1.08 bits per heavy atom. The molecule has 3 rings (SSSR count). The van der Waals surface area contributed by atoms with Crippen molar-refractivity contribution in [3.8, 4) is 10.6 Å². The van der Waals surface area contributed by atoms with Gasteiger partial charge in [-0.25, -0.2) is 4.98 Å². The zero-order valence-corrected chi connectivity index (χ0v) is 14.6. The molecule has 134 valence electrons. The molecule has 1 heterocycles. The van der Waals surface area contributed by atoms with E-state index in [9.17, 15) is 18.0 Å². The number of hydrogen-bond donors (Lipinski definition) is 1. The molecule has 0 fully saturated rings. The zero-order chi connectivity index (χ0) is 18.7. The number of thiazole rings is 1. The second-order valence-corrected chi connectivity index (χ2v) is 6.56. The number of carbonyl (C=O) groups is 1. The molecular weight excluding hydrogens is 361 g/mol. The van der Waals surface area contributed by atoms with Crippen LogP contribution in [0.15, 0.2) is 54.6 Å². The van der Waals surface area contributed by atoms with Crippen LogP contribution in [0, 0.1) is 0 Å². The Labute approximate surface area is 152 Å². The van der Waals surface area contributed by atoms with Crippen LogP contribution in [-0.4, -0.2) is 10.9 Å². The molecule has 3 aromatic rings. The lowest BCUT2D eigenvalue weighted by atomic mass is 10.1. The number of aryl methyl sites for hydroxylation is 1. The molecule has 3 nitrogen and oxygen atoms in total. The summed E-state index contributed by atoms with van der Waals surface area (Å²) in [6, 6.07) is 15.5. The van der Waals surface area contributed by atoms with Crippen LogP contribution in [0.25, 0.3) is 10.6 Å². The molecule has 0 aliphatic rings. The average molecular weight is 376 g/mol. The highest BCUT2D eigenvalue weighted by atomic mass is 32.1. The van der Waals surface area contributed by atoms with E-state index in [0.29, 0.717) is 11.3 Å². The van der Waals surface area contributed by atoms with Crippen molar-refractivity contribution >= 4 is 22.9 Å². The highest BCUT2D eigenvalue weighted by Gasteiger charge is 2.39. The molecule has 7 heteroatoms. The summed E-state index contributed by atoms with van der Waals surface area (Å²) in [5.74, 6) is -0.818. The van der Waals surface area contributed by atoms with Crippen LogP contribution in [-0.2, 0) is 12.6 Å². The summed E-state index contributed by atoms with van der Waals surface area (Å²) in [6.07, 6.45) is -3.87. The third-order valence-corrected chi connectivity index (χ3v) is 4.85. The normalized spacial score (nSPS) is 11.4. The van der Waals surface area contributed by atoms with Gasteiger partial charge in [-0.15, -0.1) is 11.3 Å². The van der Waals surface area contributed by atoms with Gasteiger partial charge in [0.1, 0.15) is 9.88 Å². The Balaban J connectivity index is 1.94. The largest absolute Gasteiger partial charge is 0.435 e. The number of anilines is 1. The minimum atomic E-state index is -4.71. The van der Waals surface area contributed by atoms with Crippen molar-refractivity contribution in [3.63, 3.8) is 0 Å². The first-order chi connectivity index (χ1) is 12.4. The molecule has 0 atom stereocenters. The molecule has 0 saturated carbocycles. The summed E-state index contributed by atoms with van der Waals surface area (Å²) in [6.45, 7) is 1.99. The second kappa shape index (κ2) is 7.29. The third-order valence-electron chi connectivity index (χ3n) is 3.74. The maximum Gasteiger partial charge on any atom is 0.435 e. The summed E-state index contributed by atoms with van der Waals surface area (Å²) in [7, 11) is 0. The van der Waals surface area contributed by atoms with Crippen molar-refractivity contribution in [2.45, 2.75) is 19.5 Å². The number of nitrogens with one attached hydrogen (secondary N) is 1. The molecule has 0 aliphatic carbocycles. The molecule has 1 aromatic heterocycles. The monoisotopic (exact) mass is 376 g/mol. The van der Waals surface area contributed by atoms with Crippen LogP contribution < -0.4 is 5.32 Å². The van der Waals surface area contributed by atoms with E-state index in [1.165, 1.54) is 0 Å². The van der Waals surface area contributed by atoms with E-state index < -0.39 is 22.7 Å². The topological polar surface area (TPSA) is 42.0 Å². The Kier molecular flexibility index (Phi) is 5.08. The fraction of sp³-hybridized carbons (Fsp3) is 0.158. The maximum atomic E-state index is 13.3. The number of nitrogens with zero attached hydrogens (tertiary/aromatic N) is 1. The van der Waals surface area contributed by atoms with Gasteiger partial charge >= 0.3 is 6.18 Å². The van der Waals surface area contributed by atoms with Gasteiger partial charge in [0.25, 0.3) is 5.91 Å². The van der Waals surface area contributed by atoms with Gasteiger partial charge in [0, 0.05) is 11.3 Å². The van der Waals surface area contributed by atoms with E-state index in [1.54, 1.807) is 42.5 Å². The van der Waals surface area contributed by atoms with E-state index in [0.717, 1.165) is 23.3 Å². The smallest absolute Gasteiger partial charge is 0.321 e. The fourth-order valence-corrected chi connectivity index (χ4v) is 3.37. The molecule has 2 aromatic carbocycles. The lowest BCUT2D eigenvalue weighted by molar-refractivity contribution is -0.140. The number of halogens is 3. The van der Waals surface area contributed by atoms with E-state index in [4.69, 9.17) is 0 Å². The molecule has 1 N–H and O–H groups in total. The molecule has 1 amide bonds. The van der Waals surface area contributed by atoms with E-state index >= 15 is 0 Å². The van der Waals surface area contributed by atoms with Crippen molar-refractivity contribution in [3.05, 3.63) is 70.7 Å². The number of rotatable bonds is 4. The molecule has 0 aliphatic heterocycles. The SMILES string of the molecule is CCc1ccc(NC(=O)c2sc(-c3ccccc3)nc2C(F)(F)F)cc1. The Morgan fingerprint density at radius 3 is 2.31 bits per heavy atom. The van der Waals surface area contributed by atoms with Crippen molar-refractivity contribution in [2.75, 3.05) is 5.32 Å². The summed E-state index contributed by atoms with van der Waals surface area (Å²) in [5.41, 5.74) is 0.886. The standard InChI is InChI=1S/C19H15F3N2OS/c1-2-12-8-10-14(11-9-12)23-17(25)15-16(19(20,21)22)24-18(26-15)13-6-4-3-5-7-13/h3-11H,2H2,1H3,(H,23,25). The Morgan fingerprint density at radius 2 is 1.73 bits per heavy atom. The Bertz CT molecular complexity index is 903. The van der Waals surface area contributed by atoms with Gasteiger partial charge in [0.15, 0.2) is 5.69 Å². The first kappa shape index (κ1) is 18.1. The first-order valence-electron chi connectivity index (χ1n) is 7.92. The number of benzene rings is 2. The lowest BCUT2D eigenvalue weighted by Gasteiger charge is -2.07. The molecular formula is C19H15F3N2OS. The van der Waals surface area contributed by atoms with E-state index in [1.807, 2.05) is 19.1 Å².